The van der Waals surface area contributed by atoms with E-state index >= 15 is 0 Å². The molecule has 10 heteroatoms. The number of rotatable bonds is 3. The number of ether oxygens (including phenoxy) is 2. The number of carbonyl (C=O) groups is 1. The molecule has 0 atom stereocenters. The number of carbonyl (C=O) groups excluding carboxylic acids is 1. The minimum absolute atomic E-state index is 0.0802. The Morgan fingerprint density at radius 3 is 2.64 bits per heavy atom. The number of fused-ring (bicyclic) bond motifs is 3. The summed E-state index contributed by atoms with van der Waals surface area (Å²) in [5, 5.41) is 8.87. The highest BCUT2D eigenvalue weighted by Crippen LogP contribution is 2.42. The largest absolute Gasteiger partial charge is 0.474 e. The fourth-order valence-electron chi connectivity index (χ4n) is 4.88. The van der Waals surface area contributed by atoms with Crippen LogP contribution < -0.4 is 4.74 Å². The number of amides is 1. The zero-order valence-electron chi connectivity index (χ0n) is 20.6. The summed E-state index contributed by atoms with van der Waals surface area (Å²) < 4.78 is 11.7. The summed E-state index contributed by atoms with van der Waals surface area (Å²) in [6.07, 6.45) is 4.94. The Hall–Kier alpha value is -2.84. The molecule has 1 aliphatic heterocycles. The Bertz CT molecular complexity index is 1260. The van der Waals surface area contributed by atoms with Crippen LogP contribution in [0.2, 0.25) is 10.2 Å². The van der Waals surface area contributed by atoms with E-state index in [1.54, 1.807) is 17.2 Å². The summed E-state index contributed by atoms with van der Waals surface area (Å²) in [6, 6.07) is 7.27. The third-order valence-electron chi connectivity index (χ3n) is 6.44. The van der Waals surface area contributed by atoms with Gasteiger partial charge < -0.3 is 9.47 Å². The minimum atomic E-state index is -0.595. The topological polar surface area (TPSA) is 93.2 Å². The van der Waals surface area contributed by atoms with Crippen LogP contribution in [-0.2, 0) is 17.8 Å². The Kier molecular flexibility index (Phi) is 6.83. The predicted octanol–water partition coefficient (Wildman–Crippen LogP) is 6.53. The summed E-state index contributed by atoms with van der Waals surface area (Å²) in [4.78, 5) is 23.6. The number of pyridine rings is 2. The summed E-state index contributed by atoms with van der Waals surface area (Å²) in [5.74, 6) is 0.799. The van der Waals surface area contributed by atoms with Crippen molar-refractivity contribution in [1.82, 2.24) is 25.1 Å². The van der Waals surface area contributed by atoms with E-state index in [0.717, 1.165) is 53.9 Å². The van der Waals surface area contributed by atoms with Gasteiger partial charge in [-0.05, 0) is 64.2 Å². The van der Waals surface area contributed by atoms with Crippen molar-refractivity contribution in [3.8, 4) is 17.1 Å². The zero-order valence-corrected chi connectivity index (χ0v) is 22.1. The molecule has 2 aliphatic rings. The second-order valence-electron chi connectivity index (χ2n) is 10.4. The second kappa shape index (κ2) is 9.90. The Balaban J connectivity index is 1.38. The average molecular weight is 530 g/mol. The SMILES string of the molecule is CC(C)(C)OC(=O)N1Cc2cc(Cl)cnc2-c2c(C3CCC(Oc4cccc(Cl)n4)CC3)n[nH]c2C1. The predicted molar refractivity (Wildman–Crippen MR) is 137 cm³/mol. The number of aromatic amines is 1. The number of hydrogen-bond donors (Lipinski definition) is 1. The van der Waals surface area contributed by atoms with E-state index in [4.69, 9.17) is 37.8 Å². The van der Waals surface area contributed by atoms with Gasteiger partial charge >= 0.3 is 6.09 Å². The van der Waals surface area contributed by atoms with Crippen LogP contribution in [0.5, 0.6) is 5.88 Å². The lowest BCUT2D eigenvalue weighted by molar-refractivity contribution is 0.0216. The molecule has 1 N–H and O–H groups in total. The maximum absolute atomic E-state index is 13.0. The van der Waals surface area contributed by atoms with Crippen LogP contribution in [0.4, 0.5) is 4.79 Å². The van der Waals surface area contributed by atoms with E-state index in [9.17, 15) is 4.79 Å². The smallest absolute Gasteiger partial charge is 0.410 e. The molecule has 4 heterocycles. The van der Waals surface area contributed by atoms with Crippen molar-refractivity contribution >= 4 is 29.3 Å². The Morgan fingerprint density at radius 2 is 1.92 bits per heavy atom. The minimum Gasteiger partial charge on any atom is -0.474 e. The molecule has 1 amide bonds. The Labute approximate surface area is 220 Å². The van der Waals surface area contributed by atoms with Crippen molar-refractivity contribution in [1.29, 1.82) is 0 Å². The van der Waals surface area contributed by atoms with E-state index in [-0.39, 0.29) is 18.1 Å². The summed E-state index contributed by atoms with van der Waals surface area (Å²) >= 11 is 12.3. The molecule has 1 fully saturated rings. The highest BCUT2D eigenvalue weighted by molar-refractivity contribution is 6.30. The third-order valence-corrected chi connectivity index (χ3v) is 6.86. The summed E-state index contributed by atoms with van der Waals surface area (Å²) in [5.41, 5.74) is 3.89. The molecule has 3 aromatic rings. The van der Waals surface area contributed by atoms with E-state index < -0.39 is 5.60 Å². The molecule has 190 valence electrons. The normalized spacial score (nSPS) is 19.8. The van der Waals surface area contributed by atoms with Crippen LogP contribution >= 0.6 is 23.2 Å². The van der Waals surface area contributed by atoms with Gasteiger partial charge in [-0.2, -0.15) is 5.10 Å². The van der Waals surface area contributed by atoms with Gasteiger partial charge in [0.1, 0.15) is 16.9 Å². The number of halogens is 2. The molecule has 1 aliphatic carbocycles. The molecule has 0 saturated heterocycles. The van der Waals surface area contributed by atoms with Crippen molar-refractivity contribution in [2.45, 2.75) is 77.2 Å². The zero-order chi connectivity index (χ0) is 25.4. The highest BCUT2D eigenvalue weighted by atomic mass is 35.5. The van der Waals surface area contributed by atoms with Crippen LogP contribution in [0.3, 0.4) is 0 Å². The van der Waals surface area contributed by atoms with Gasteiger partial charge in [0.05, 0.1) is 35.2 Å². The number of aromatic nitrogens is 4. The third kappa shape index (κ3) is 5.44. The maximum atomic E-state index is 13.0. The van der Waals surface area contributed by atoms with Crippen molar-refractivity contribution in [2.24, 2.45) is 0 Å². The van der Waals surface area contributed by atoms with E-state index in [1.165, 1.54) is 0 Å². The average Bonchev–Trinajstić information content (AvgIpc) is 3.14. The van der Waals surface area contributed by atoms with Crippen molar-refractivity contribution < 1.29 is 14.3 Å². The fraction of sp³-hybridized carbons (Fsp3) is 0.462. The standard InChI is InChI=1S/C26H29Cl2N5O3/c1-26(2,3)36-25(34)33-13-16-11-17(27)12-29-23(16)22-19(14-33)31-32-24(22)15-7-9-18(10-8-15)35-21-6-4-5-20(28)30-21/h4-6,11-12,15,18H,7-10,13-14H2,1-3H3,(H,31,32). The molecule has 5 rings (SSSR count). The van der Waals surface area contributed by atoms with Gasteiger partial charge in [0.15, 0.2) is 0 Å². The first-order chi connectivity index (χ1) is 17.2. The first kappa shape index (κ1) is 24.8. The molecule has 1 saturated carbocycles. The van der Waals surface area contributed by atoms with Crippen LogP contribution in [0, 0.1) is 0 Å². The van der Waals surface area contributed by atoms with E-state index in [0.29, 0.717) is 29.1 Å². The van der Waals surface area contributed by atoms with Crippen LogP contribution in [0.1, 0.15) is 69.3 Å². The monoisotopic (exact) mass is 529 g/mol. The molecule has 0 spiro atoms. The first-order valence-electron chi connectivity index (χ1n) is 12.2. The van der Waals surface area contributed by atoms with Gasteiger partial charge in [-0.1, -0.05) is 29.3 Å². The molecular weight excluding hydrogens is 501 g/mol. The van der Waals surface area contributed by atoms with Crippen LogP contribution in [0.15, 0.2) is 30.5 Å². The lowest BCUT2D eigenvalue weighted by atomic mass is 9.83. The van der Waals surface area contributed by atoms with Gasteiger partial charge in [0, 0.05) is 23.7 Å². The molecule has 3 aromatic heterocycles. The number of nitrogens with zero attached hydrogens (tertiary/aromatic N) is 4. The fourth-order valence-corrected chi connectivity index (χ4v) is 5.22. The number of H-pyrrole nitrogens is 1. The molecule has 0 radical (unpaired) electrons. The van der Waals surface area contributed by atoms with Crippen molar-refractivity contribution in [3.05, 3.63) is 57.6 Å². The molecular formula is C26H29Cl2N5O3. The van der Waals surface area contributed by atoms with E-state index in [1.807, 2.05) is 39.0 Å². The summed E-state index contributed by atoms with van der Waals surface area (Å²) in [6.45, 7) is 6.28. The first-order valence-corrected chi connectivity index (χ1v) is 12.9. The van der Waals surface area contributed by atoms with Gasteiger partial charge in [-0.15, -0.1) is 0 Å². The van der Waals surface area contributed by atoms with Gasteiger partial charge in [-0.3, -0.25) is 15.0 Å². The maximum Gasteiger partial charge on any atom is 0.410 e. The molecule has 0 unspecified atom stereocenters. The number of nitrogens with one attached hydrogen (secondary N) is 1. The van der Waals surface area contributed by atoms with Crippen molar-refractivity contribution in [3.63, 3.8) is 0 Å². The highest BCUT2D eigenvalue weighted by Gasteiger charge is 2.34. The van der Waals surface area contributed by atoms with Gasteiger partial charge in [0.25, 0.3) is 0 Å². The molecule has 0 bridgehead atoms. The quantitative estimate of drug-likeness (QED) is 0.387. The lowest BCUT2D eigenvalue weighted by Gasteiger charge is -2.28. The van der Waals surface area contributed by atoms with Crippen molar-refractivity contribution in [2.75, 3.05) is 0 Å². The second-order valence-corrected chi connectivity index (χ2v) is 11.2. The summed E-state index contributed by atoms with van der Waals surface area (Å²) in [7, 11) is 0. The number of hydrogen-bond acceptors (Lipinski definition) is 6. The van der Waals surface area contributed by atoms with Gasteiger partial charge in [0.2, 0.25) is 5.88 Å². The van der Waals surface area contributed by atoms with Crippen LogP contribution in [-0.4, -0.2) is 42.9 Å². The van der Waals surface area contributed by atoms with Gasteiger partial charge in [-0.25, -0.2) is 9.78 Å². The lowest BCUT2D eigenvalue weighted by Crippen LogP contribution is -2.35. The molecule has 0 aromatic carbocycles. The Morgan fingerprint density at radius 1 is 1.14 bits per heavy atom. The molecule has 8 nitrogen and oxygen atoms in total. The molecule has 36 heavy (non-hydrogen) atoms. The van der Waals surface area contributed by atoms with Crippen LogP contribution in [0.25, 0.3) is 11.3 Å². The van der Waals surface area contributed by atoms with E-state index in [2.05, 4.69) is 15.1 Å².